The van der Waals surface area contributed by atoms with Crippen LogP contribution in [-0.2, 0) is 18.0 Å². The molecule has 0 radical (unpaired) electrons. The maximum Gasteiger partial charge on any atom is 0.530 e. The molecule has 5 heteroatoms. The summed E-state index contributed by atoms with van der Waals surface area (Å²) in [5.74, 6) is 0.747. The lowest BCUT2D eigenvalue weighted by Crippen LogP contribution is -2.55. The number of hydrogen-bond donors (Lipinski definition) is 0. The fraction of sp³-hybridized carbons (Fsp3) is 1.00. The molecule has 0 spiro atoms. The van der Waals surface area contributed by atoms with Gasteiger partial charge >= 0.3 is 8.80 Å². The highest BCUT2D eigenvalue weighted by Crippen LogP contribution is 2.30. The SMILES string of the molecule is CCC(OCC1CC1)[Si](OC)(OC)OC. The van der Waals surface area contributed by atoms with E-state index in [2.05, 4.69) is 6.92 Å². The summed E-state index contributed by atoms with van der Waals surface area (Å²) in [6.45, 7) is 2.87. The Kier molecular flexibility index (Phi) is 5.21. The van der Waals surface area contributed by atoms with Crippen molar-refractivity contribution < 1.29 is 18.0 Å². The van der Waals surface area contributed by atoms with E-state index in [1.807, 2.05) is 0 Å². The molecule has 0 N–H and O–H groups in total. The molecule has 0 aromatic rings. The van der Waals surface area contributed by atoms with Crippen molar-refractivity contribution in [3.63, 3.8) is 0 Å². The van der Waals surface area contributed by atoms with Crippen LogP contribution in [-0.4, -0.2) is 42.5 Å². The molecule has 0 aliphatic heterocycles. The van der Waals surface area contributed by atoms with Gasteiger partial charge in [-0.15, -0.1) is 0 Å². The van der Waals surface area contributed by atoms with Crippen molar-refractivity contribution in [2.75, 3.05) is 27.9 Å². The van der Waals surface area contributed by atoms with E-state index in [0.717, 1.165) is 18.9 Å². The van der Waals surface area contributed by atoms with Crippen molar-refractivity contribution in [3.8, 4) is 0 Å². The first kappa shape index (κ1) is 13.1. The van der Waals surface area contributed by atoms with E-state index in [1.54, 1.807) is 21.3 Å². The maximum absolute atomic E-state index is 5.84. The molecule has 1 fully saturated rings. The number of hydrogen-bond acceptors (Lipinski definition) is 4. The fourth-order valence-corrected chi connectivity index (χ4v) is 3.74. The van der Waals surface area contributed by atoms with Crippen LogP contribution < -0.4 is 0 Å². The summed E-state index contributed by atoms with van der Waals surface area (Å²) in [6, 6.07) is 0. The van der Waals surface area contributed by atoms with E-state index in [0.29, 0.717) is 0 Å². The molecular formula is C10H22O4Si. The second-order valence-electron chi connectivity index (χ2n) is 3.89. The quantitative estimate of drug-likeness (QED) is 0.598. The van der Waals surface area contributed by atoms with E-state index in [4.69, 9.17) is 18.0 Å². The van der Waals surface area contributed by atoms with Gasteiger partial charge in [0.25, 0.3) is 0 Å². The van der Waals surface area contributed by atoms with Gasteiger partial charge in [-0.2, -0.15) is 0 Å². The zero-order valence-electron chi connectivity index (χ0n) is 10.1. The second kappa shape index (κ2) is 5.96. The van der Waals surface area contributed by atoms with Crippen LogP contribution in [0.4, 0.5) is 0 Å². The monoisotopic (exact) mass is 234 g/mol. The van der Waals surface area contributed by atoms with Crippen LogP contribution in [0, 0.1) is 5.92 Å². The summed E-state index contributed by atoms with van der Waals surface area (Å²) in [5, 5.41) is 0. The largest absolute Gasteiger partial charge is 0.530 e. The Bertz CT molecular complexity index is 172. The Morgan fingerprint density at radius 3 is 2.00 bits per heavy atom. The van der Waals surface area contributed by atoms with Gasteiger partial charge in [0, 0.05) is 27.9 Å². The van der Waals surface area contributed by atoms with Crippen LogP contribution in [0.5, 0.6) is 0 Å². The van der Waals surface area contributed by atoms with Crippen molar-refractivity contribution >= 4 is 8.80 Å². The zero-order valence-corrected chi connectivity index (χ0v) is 11.1. The molecular weight excluding hydrogens is 212 g/mol. The average molecular weight is 234 g/mol. The third kappa shape index (κ3) is 3.25. The highest BCUT2D eigenvalue weighted by molar-refractivity contribution is 6.62. The molecule has 1 aliphatic carbocycles. The molecule has 0 bridgehead atoms. The normalized spacial score (nSPS) is 19.2. The molecule has 1 aliphatic rings. The van der Waals surface area contributed by atoms with Gasteiger partial charge in [0.05, 0.1) is 0 Å². The van der Waals surface area contributed by atoms with Gasteiger partial charge in [0.1, 0.15) is 5.73 Å². The van der Waals surface area contributed by atoms with Crippen LogP contribution in [0.2, 0.25) is 0 Å². The Morgan fingerprint density at radius 1 is 1.13 bits per heavy atom. The Labute approximate surface area is 93.2 Å². The van der Waals surface area contributed by atoms with Gasteiger partial charge in [-0.25, -0.2) is 0 Å². The first-order valence-corrected chi connectivity index (χ1v) is 7.29. The van der Waals surface area contributed by atoms with Gasteiger partial charge in [-0.05, 0) is 25.2 Å². The van der Waals surface area contributed by atoms with E-state index in [9.17, 15) is 0 Å². The Morgan fingerprint density at radius 2 is 1.67 bits per heavy atom. The van der Waals surface area contributed by atoms with E-state index >= 15 is 0 Å². The molecule has 15 heavy (non-hydrogen) atoms. The molecule has 0 saturated heterocycles. The molecule has 0 aromatic carbocycles. The predicted molar refractivity (Wildman–Crippen MR) is 59.5 cm³/mol. The summed E-state index contributed by atoms with van der Waals surface area (Å²) < 4.78 is 22.1. The van der Waals surface area contributed by atoms with Gasteiger partial charge < -0.3 is 18.0 Å². The summed E-state index contributed by atoms with van der Waals surface area (Å²) >= 11 is 0. The average Bonchev–Trinajstić information content (AvgIpc) is 3.09. The second-order valence-corrected chi connectivity index (χ2v) is 6.97. The lowest BCUT2D eigenvalue weighted by Gasteiger charge is -2.31. The van der Waals surface area contributed by atoms with Crippen LogP contribution in [0.1, 0.15) is 26.2 Å². The molecule has 0 amide bonds. The summed E-state index contributed by atoms with van der Waals surface area (Å²) in [6.07, 6.45) is 3.43. The molecule has 1 unspecified atom stereocenters. The molecule has 0 heterocycles. The lowest BCUT2D eigenvalue weighted by molar-refractivity contribution is 0.00772. The van der Waals surface area contributed by atoms with Gasteiger partial charge in [-0.3, -0.25) is 0 Å². The minimum Gasteiger partial charge on any atom is -0.375 e. The summed E-state index contributed by atoms with van der Waals surface area (Å²) in [4.78, 5) is 0. The van der Waals surface area contributed by atoms with Gasteiger partial charge in [0.2, 0.25) is 0 Å². The van der Waals surface area contributed by atoms with Crippen molar-refractivity contribution in [1.29, 1.82) is 0 Å². The first-order valence-electron chi connectivity index (χ1n) is 5.49. The number of ether oxygens (including phenoxy) is 1. The molecule has 1 rings (SSSR count). The van der Waals surface area contributed by atoms with Crippen LogP contribution in [0.15, 0.2) is 0 Å². The maximum atomic E-state index is 5.84. The standard InChI is InChI=1S/C10H22O4Si/c1-5-10(14-8-9-6-7-9)15(11-2,12-3)13-4/h9-10H,5-8H2,1-4H3. The third-order valence-corrected chi connectivity index (χ3v) is 5.92. The minimum atomic E-state index is -2.61. The molecule has 0 aromatic heterocycles. The third-order valence-electron chi connectivity index (χ3n) is 2.85. The van der Waals surface area contributed by atoms with Gasteiger partial charge in [-0.1, -0.05) is 6.92 Å². The van der Waals surface area contributed by atoms with Crippen molar-refractivity contribution in [2.24, 2.45) is 5.92 Å². The van der Waals surface area contributed by atoms with Gasteiger partial charge in [0.15, 0.2) is 0 Å². The lowest BCUT2D eigenvalue weighted by atomic mass is 10.4. The van der Waals surface area contributed by atoms with E-state index in [1.165, 1.54) is 12.8 Å². The minimum absolute atomic E-state index is 0.0434. The Hall–Kier alpha value is 0.0569. The van der Waals surface area contributed by atoms with Crippen LogP contribution in [0.3, 0.4) is 0 Å². The van der Waals surface area contributed by atoms with Crippen molar-refractivity contribution in [2.45, 2.75) is 31.9 Å². The molecule has 1 saturated carbocycles. The zero-order chi connectivity index (χ0) is 11.3. The highest BCUT2D eigenvalue weighted by Gasteiger charge is 2.48. The highest BCUT2D eigenvalue weighted by atomic mass is 28.4. The van der Waals surface area contributed by atoms with Crippen LogP contribution in [0.25, 0.3) is 0 Å². The predicted octanol–water partition coefficient (Wildman–Crippen LogP) is 1.61. The summed E-state index contributed by atoms with van der Waals surface area (Å²) in [7, 11) is 2.27. The fourth-order valence-electron chi connectivity index (χ4n) is 1.65. The smallest absolute Gasteiger partial charge is 0.375 e. The first-order chi connectivity index (χ1) is 7.22. The van der Waals surface area contributed by atoms with Crippen molar-refractivity contribution in [3.05, 3.63) is 0 Å². The Balaban J connectivity index is 2.50. The summed E-state index contributed by atoms with van der Waals surface area (Å²) in [5.41, 5.74) is -0.0434. The van der Waals surface area contributed by atoms with Crippen molar-refractivity contribution in [1.82, 2.24) is 0 Å². The molecule has 90 valence electrons. The number of rotatable bonds is 8. The van der Waals surface area contributed by atoms with Crippen LogP contribution >= 0.6 is 0 Å². The van der Waals surface area contributed by atoms with E-state index in [-0.39, 0.29) is 5.73 Å². The van der Waals surface area contributed by atoms with E-state index < -0.39 is 8.80 Å². The topological polar surface area (TPSA) is 36.9 Å². The molecule has 4 nitrogen and oxygen atoms in total. The molecule has 1 atom stereocenters.